The predicted octanol–water partition coefficient (Wildman–Crippen LogP) is 16.9. The number of phenolic OH excluding ortho intramolecular Hbond substituents is 1. The quantitative estimate of drug-likeness (QED) is 0.00664. The standard InChI is InChI=1S/C26H31F2N3O5.C21H23F2N3O3.C20H28ClN3O4.C20H29N3O5.C6H4F2O.CH2ClI/c1-26(2,3)36-25(34)31-22-14-16(11-12-29-22)13-20(30-24(33)17-7-4-5-8-17)21(32)15-35-23-18(27)9-6-10-19(23)28;22-15-6-3-7-16(23)20(15)29-12-18(27)17(10-13-8-9-25-19(24)11-13)26-21(28)14-4-1-2-5-14;1-20(2,3)28-19(27)24-17-11-13(8-9-22-17)10-15(16(25)12-21)23-18(26)14-6-4-5-7-14;1-20(2,3)28-19(26)23-16-12-13(9-10-21-16)11-15(18(25)27-4)22-17(24)14-7-5-6-8-14;7-4-2-1-3-5(8)6(4)9;2-1-3/h6,9-12,14,17,20H,4-5,7-8,13,15H2,1-3H3,(H,30,33)(H,29,31,34);3,6-9,11,14,17H,1-2,4-5,10,12H2,(H2,24,25)(H,26,28);8-9,11,14-15H,4-7,10,12H2,1-3H3,(H,23,26)(H,22,24,27);9-10,12,14-15H,5-8,11H2,1-4H3,(H,22,24)(H,21,23,26);1-3,9H;1H2. The number of halogens is 9. The van der Waals surface area contributed by atoms with Crippen molar-refractivity contribution in [2.75, 3.05) is 51.8 Å². The summed E-state index contributed by atoms with van der Waals surface area (Å²) in [6, 6.07) is 19.5. The molecule has 4 aliphatic rings. The van der Waals surface area contributed by atoms with E-state index in [1.165, 1.54) is 50.1 Å². The summed E-state index contributed by atoms with van der Waals surface area (Å²) in [5.41, 5.74) is 6.53. The summed E-state index contributed by atoms with van der Waals surface area (Å²) in [6.45, 7) is 14.6. The summed E-state index contributed by atoms with van der Waals surface area (Å²) < 4.78 is 111. The highest BCUT2D eigenvalue weighted by atomic mass is 127. The number of nitrogens with two attached hydrogens (primary N) is 1. The maximum Gasteiger partial charge on any atom is 0.413 e. The first-order valence-electron chi connectivity index (χ1n) is 43.3. The van der Waals surface area contributed by atoms with Crippen LogP contribution in [0.3, 0.4) is 0 Å². The summed E-state index contributed by atoms with van der Waals surface area (Å²) >= 11 is 12.8. The van der Waals surface area contributed by atoms with Crippen LogP contribution in [0.4, 0.5) is 64.0 Å². The van der Waals surface area contributed by atoms with Crippen LogP contribution in [0.15, 0.2) is 128 Å². The molecule has 0 saturated heterocycles. The van der Waals surface area contributed by atoms with Crippen molar-refractivity contribution >= 4 is 134 Å². The maximum absolute atomic E-state index is 13.9. The molecule has 0 aliphatic heterocycles. The number of ether oxygens (including phenoxy) is 6. The first-order chi connectivity index (χ1) is 62.9. The smallest absolute Gasteiger partial charge is 0.413 e. The Morgan fingerprint density at radius 3 is 0.932 bits per heavy atom. The number of phenols is 1. The molecule has 30 nitrogen and oxygen atoms in total. The summed E-state index contributed by atoms with van der Waals surface area (Å²) in [7, 11) is 1.29. The molecule has 0 radical (unpaired) electrons. The van der Waals surface area contributed by atoms with Crippen molar-refractivity contribution in [2.45, 2.75) is 232 Å². The van der Waals surface area contributed by atoms with Crippen LogP contribution in [0.2, 0.25) is 0 Å². The molecule has 4 atom stereocenters. The Kier molecular flexibility index (Phi) is 45.8. The van der Waals surface area contributed by atoms with E-state index >= 15 is 0 Å². The third kappa shape index (κ3) is 40.9. The Morgan fingerprint density at radius 1 is 0.414 bits per heavy atom. The van der Waals surface area contributed by atoms with Gasteiger partial charge in [-0.3, -0.25) is 49.5 Å². The van der Waals surface area contributed by atoms with E-state index in [2.05, 4.69) is 79.7 Å². The molecule has 4 heterocycles. The topological polar surface area (TPSA) is 425 Å². The van der Waals surface area contributed by atoms with E-state index in [4.69, 9.17) is 62.5 Å². The minimum absolute atomic E-state index is 0.0348. The third-order valence-corrected chi connectivity index (χ3v) is 20.7. The number of hydrogen-bond donors (Lipinski definition) is 9. The van der Waals surface area contributed by atoms with Gasteiger partial charge in [-0.15, -0.1) is 23.2 Å². The first kappa shape index (κ1) is 110. The van der Waals surface area contributed by atoms with E-state index in [0.29, 0.717) is 32.5 Å². The number of alkyl halides is 3. The number of Topliss-reactive ketones (excluding diaryl/α,β-unsaturated/α-hetero) is 3. The van der Waals surface area contributed by atoms with Crippen molar-refractivity contribution in [2.24, 2.45) is 23.7 Å². The van der Waals surface area contributed by atoms with Gasteiger partial charge in [0.25, 0.3) is 0 Å². The molecule has 4 fully saturated rings. The lowest BCUT2D eigenvalue weighted by atomic mass is 10.0. The maximum atomic E-state index is 13.9. The van der Waals surface area contributed by atoms with E-state index in [-0.39, 0.29) is 90.5 Å². The molecule has 4 aliphatic carbocycles. The third-order valence-electron chi connectivity index (χ3n) is 20.4. The number of rotatable bonds is 30. The minimum atomic E-state index is -1.01. The Hall–Kier alpha value is -11.5. The molecule has 7 aromatic rings. The van der Waals surface area contributed by atoms with Gasteiger partial charge in [-0.05, 0) is 227 Å². The van der Waals surface area contributed by atoms with Crippen LogP contribution in [0.1, 0.15) is 187 Å². The average molecular weight is 2010 g/mol. The number of nitrogens with one attached hydrogen (secondary N) is 7. The Bertz CT molecular complexity index is 4850. The van der Waals surface area contributed by atoms with Crippen molar-refractivity contribution < 1.29 is 113 Å². The number of pyridine rings is 4. The number of aromatic nitrogens is 4. The van der Waals surface area contributed by atoms with Gasteiger partial charge in [-0.2, -0.15) is 0 Å². The molecule has 7 amide bonds. The number of nitrogen functional groups attached to an aromatic ring is 1. The van der Waals surface area contributed by atoms with Crippen molar-refractivity contribution in [3.63, 3.8) is 0 Å². The zero-order valence-corrected chi connectivity index (χ0v) is 79.5. The summed E-state index contributed by atoms with van der Waals surface area (Å²) in [4.78, 5) is 152. The zero-order valence-electron chi connectivity index (χ0n) is 75.9. The average Bonchev–Trinajstić information content (AvgIpc) is 1.81. The molecule has 4 unspecified atom stereocenters. The van der Waals surface area contributed by atoms with E-state index < -0.39 is 142 Å². The molecule has 4 aromatic heterocycles. The zero-order chi connectivity index (χ0) is 98.1. The predicted molar refractivity (Wildman–Crippen MR) is 496 cm³/mol. The lowest BCUT2D eigenvalue weighted by molar-refractivity contribution is -0.145. The highest BCUT2D eigenvalue weighted by molar-refractivity contribution is 14.1. The fraction of sp³-hybridized carbons (Fsp3) is 0.479. The van der Waals surface area contributed by atoms with Gasteiger partial charge in [0.05, 0.1) is 35.0 Å². The molecule has 133 heavy (non-hydrogen) atoms. The number of benzene rings is 3. The number of carbonyl (C=O) groups excluding carboxylic acids is 11. The molecule has 4 saturated carbocycles. The molecule has 10 N–H and O–H groups in total. The summed E-state index contributed by atoms with van der Waals surface area (Å²) in [5.74, 6) is -9.62. The number of aromatic hydroxyl groups is 1. The van der Waals surface area contributed by atoms with Crippen LogP contribution >= 0.6 is 45.8 Å². The minimum Gasteiger partial charge on any atom is -0.503 e. The molecule has 0 bridgehead atoms. The van der Waals surface area contributed by atoms with Crippen molar-refractivity contribution in [3.05, 3.63) is 185 Å². The number of amides is 7. The van der Waals surface area contributed by atoms with Gasteiger partial charge in [-0.25, -0.2) is 65.5 Å². The van der Waals surface area contributed by atoms with Crippen molar-refractivity contribution in [3.8, 4) is 17.2 Å². The second-order valence-corrected chi connectivity index (χ2v) is 36.7. The number of anilines is 4. The molecular weight excluding hydrogens is 1900 g/mol. The summed E-state index contributed by atoms with van der Waals surface area (Å²) in [5, 5.41) is 27.3. The van der Waals surface area contributed by atoms with Crippen LogP contribution in [-0.4, -0.2) is 161 Å². The number of esters is 1. The van der Waals surface area contributed by atoms with E-state index in [1.54, 1.807) is 111 Å². The van der Waals surface area contributed by atoms with Gasteiger partial charge < -0.3 is 60.5 Å². The molecular formula is C94H117Cl2F6IN12O18. The highest BCUT2D eigenvalue weighted by Gasteiger charge is 2.34. The lowest BCUT2D eigenvalue weighted by Crippen LogP contribution is -2.46. The van der Waals surface area contributed by atoms with Crippen LogP contribution in [-0.2, 0) is 83.0 Å². The Morgan fingerprint density at radius 2 is 0.669 bits per heavy atom. The lowest BCUT2D eigenvalue weighted by Gasteiger charge is -2.21. The molecule has 11 rings (SSSR count). The monoisotopic (exact) mass is 2010 g/mol. The normalized spacial score (nSPS) is 14.6. The first-order valence-corrected chi connectivity index (χ1v) is 45.9. The van der Waals surface area contributed by atoms with Crippen molar-refractivity contribution in [1.82, 2.24) is 41.2 Å². The van der Waals surface area contributed by atoms with Gasteiger partial charge in [0.15, 0.2) is 69.5 Å². The van der Waals surface area contributed by atoms with Crippen LogP contribution < -0.4 is 52.4 Å². The van der Waals surface area contributed by atoms with Crippen LogP contribution in [0.5, 0.6) is 17.2 Å². The van der Waals surface area contributed by atoms with Gasteiger partial charge in [0, 0.05) is 67.7 Å². The van der Waals surface area contributed by atoms with E-state index in [1.807, 2.05) is 0 Å². The second-order valence-electron chi connectivity index (χ2n) is 34.5. The fourth-order valence-electron chi connectivity index (χ4n) is 14.1. The highest BCUT2D eigenvalue weighted by Crippen LogP contribution is 2.31. The number of carbonyl (C=O) groups is 11. The second kappa shape index (κ2) is 55.3. The number of ketones is 3. The van der Waals surface area contributed by atoms with Crippen molar-refractivity contribution in [1.29, 1.82) is 0 Å². The fourth-order valence-corrected chi connectivity index (χ4v) is 14.3. The van der Waals surface area contributed by atoms with E-state index in [0.717, 1.165) is 150 Å². The molecule has 724 valence electrons. The number of para-hydroxylation sites is 3. The van der Waals surface area contributed by atoms with Gasteiger partial charge >= 0.3 is 24.2 Å². The molecule has 39 heteroatoms. The van der Waals surface area contributed by atoms with Gasteiger partial charge in [0.2, 0.25) is 23.6 Å². The molecule has 3 aromatic carbocycles. The van der Waals surface area contributed by atoms with Gasteiger partial charge in [-0.1, -0.05) is 92.2 Å². The van der Waals surface area contributed by atoms with E-state index in [9.17, 15) is 79.1 Å². The van der Waals surface area contributed by atoms with Gasteiger partial charge in [0.1, 0.15) is 59.3 Å². The number of methoxy groups -OCH3 is 1. The number of hydrogen-bond acceptors (Lipinski definition) is 23. The largest absolute Gasteiger partial charge is 0.503 e. The van der Waals surface area contributed by atoms with Crippen LogP contribution in [0.25, 0.3) is 0 Å². The SMILES string of the molecule is CC(C)(C)OC(=O)Nc1cc(CC(NC(=O)C2CCCC2)C(=O)CCl)ccn1.CC(C)(C)OC(=O)Nc1cc(CC(NC(=O)C2CCCC2)C(=O)COc2c(F)cccc2F)ccn1.COC(=O)C(Cc1ccnc(NC(=O)OC(C)(C)C)c1)NC(=O)C1CCCC1.ClCI.Nc1cc(CC(NC(=O)C2CCCC2)C(=O)COc2c(F)cccc2F)ccn1.Oc1c(F)cccc1F. The Balaban J connectivity index is 0.000000262. The Labute approximate surface area is 792 Å². The summed E-state index contributed by atoms with van der Waals surface area (Å²) in [6.07, 6.45) is 19.3. The van der Waals surface area contributed by atoms with Crippen LogP contribution in [0, 0.1) is 58.6 Å². The molecule has 0 spiro atoms. The number of nitrogens with zero attached hydrogens (tertiary/aromatic N) is 4.